The van der Waals surface area contributed by atoms with E-state index in [1.807, 2.05) is 36.4 Å². The molecule has 45 heavy (non-hydrogen) atoms. The second-order valence-electron chi connectivity index (χ2n) is 12.0. The highest BCUT2D eigenvalue weighted by molar-refractivity contribution is 9.11. The van der Waals surface area contributed by atoms with Gasteiger partial charge in [-0.1, -0.05) is 55.1 Å². The fraction of sp³-hybridized carbons (Fsp3) is 0.314. The molecule has 0 saturated carbocycles. The van der Waals surface area contributed by atoms with Crippen LogP contribution in [-0.2, 0) is 31.3 Å². The first kappa shape index (κ1) is 33.8. The highest BCUT2D eigenvalue weighted by atomic mass is 79.9. The largest absolute Gasteiger partial charge is 0.378 e. The van der Waals surface area contributed by atoms with E-state index in [4.69, 9.17) is 28.2 Å². The molecule has 1 fully saturated rings. The second kappa shape index (κ2) is 13.8. The zero-order valence-corrected chi connectivity index (χ0v) is 32.3. The van der Waals surface area contributed by atoms with Crippen LogP contribution in [0.25, 0.3) is 0 Å². The van der Waals surface area contributed by atoms with Crippen molar-refractivity contribution in [1.82, 2.24) is 9.88 Å². The predicted molar refractivity (Wildman–Crippen MR) is 196 cm³/mol. The molecular weight excluding hydrogens is 871 g/mol. The van der Waals surface area contributed by atoms with Gasteiger partial charge in [0.25, 0.3) is 0 Å². The molecule has 2 heterocycles. The lowest BCUT2D eigenvalue weighted by Crippen LogP contribution is -2.44. The summed E-state index contributed by atoms with van der Waals surface area (Å²) in [6.45, 7) is 1.97. The molecule has 4 nitrogen and oxygen atoms in total. The molecule has 1 N–H and O–H groups in total. The second-order valence-corrected chi connectivity index (χ2v) is 16.4. The molecule has 1 aromatic heterocycles. The number of nitrogens with zero attached hydrogens (tertiary/aromatic N) is 2. The smallest absolute Gasteiger partial charge is 0.194 e. The van der Waals surface area contributed by atoms with Gasteiger partial charge in [-0.25, -0.2) is 0 Å². The number of fused-ring (bicyclic) bond motifs is 4. The molecule has 2 aliphatic carbocycles. The molecule has 234 valence electrons. The minimum atomic E-state index is -1.10. The molecule has 1 unspecified atom stereocenters. The first-order chi connectivity index (χ1) is 21.4. The molecular formula is C35H30Br4Cl2N2O2. The van der Waals surface area contributed by atoms with Crippen LogP contribution in [0, 0.1) is 5.92 Å². The Morgan fingerprint density at radius 1 is 0.800 bits per heavy atom. The van der Waals surface area contributed by atoms with E-state index in [0.29, 0.717) is 10.0 Å². The molecule has 0 radical (unpaired) electrons. The van der Waals surface area contributed by atoms with Crippen LogP contribution in [0.3, 0.4) is 0 Å². The number of carbonyl (C=O) groups excluding carboxylic acids is 1. The van der Waals surface area contributed by atoms with Gasteiger partial charge in [0.05, 0.1) is 5.69 Å². The predicted octanol–water partition coefficient (Wildman–Crippen LogP) is 10.1. The molecule has 3 aliphatic rings. The fourth-order valence-corrected chi connectivity index (χ4v) is 9.97. The number of benzene rings is 3. The monoisotopic (exact) mass is 896 g/mol. The Kier molecular flexibility index (Phi) is 10.4. The Balaban J connectivity index is 0.000000167. The van der Waals surface area contributed by atoms with E-state index in [2.05, 4.69) is 81.7 Å². The summed E-state index contributed by atoms with van der Waals surface area (Å²) >= 11 is 26.5. The minimum absolute atomic E-state index is 0.0681. The number of piperidine rings is 1. The molecule has 3 aromatic carbocycles. The Morgan fingerprint density at radius 3 is 2.13 bits per heavy atom. The Hall–Kier alpha value is -1.10. The molecule has 1 atom stereocenters. The van der Waals surface area contributed by atoms with Crippen LogP contribution in [0.4, 0.5) is 0 Å². The number of carbonyl (C=O) groups is 1. The third kappa shape index (κ3) is 6.78. The van der Waals surface area contributed by atoms with E-state index in [-0.39, 0.29) is 11.7 Å². The standard InChI is InChI=1S/C20H21Br2ClN2O.C15H9Br2ClO/c1-25-6-4-14(5-7-25)20(26)18-12(9-16(23)10-17(18)22)2-3-13-8-15(21)11-24-19(13)20;16-10-3-4-12-8(5-10)1-2-9-6-11(18)7-13(17)14(9)15(12)19/h8-11,14,26H,2-7H2,1H3;3-7H,1-2H2. The first-order valence-corrected chi connectivity index (χ1v) is 18.7. The van der Waals surface area contributed by atoms with Crippen LogP contribution in [0.1, 0.15) is 62.3 Å². The molecule has 4 aromatic rings. The van der Waals surface area contributed by atoms with Crippen molar-refractivity contribution in [3.8, 4) is 0 Å². The summed E-state index contributed by atoms with van der Waals surface area (Å²) in [6, 6.07) is 15.5. The highest BCUT2D eigenvalue weighted by Gasteiger charge is 2.47. The first-order valence-electron chi connectivity index (χ1n) is 14.8. The third-order valence-electron chi connectivity index (χ3n) is 9.12. The van der Waals surface area contributed by atoms with Gasteiger partial charge >= 0.3 is 0 Å². The van der Waals surface area contributed by atoms with E-state index in [1.54, 1.807) is 12.3 Å². The Bertz CT molecular complexity index is 1810. The summed E-state index contributed by atoms with van der Waals surface area (Å²) < 4.78 is 3.60. The van der Waals surface area contributed by atoms with Gasteiger partial charge < -0.3 is 10.0 Å². The van der Waals surface area contributed by atoms with Crippen LogP contribution < -0.4 is 0 Å². The molecule has 0 spiro atoms. The van der Waals surface area contributed by atoms with E-state index in [0.717, 1.165) is 114 Å². The van der Waals surface area contributed by atoms with Crippen molar-refractivity contribution in [3.63, 3.8) is 0 Å². The Morgan fingerprint density at radius 2 is 1.40 bits per heavy atom. The highest BCUT2D eigenvalue weighted by Crippen LogP contribution is 2.49. The summed E-state index contributed by atoms with van der Waals surface area (Å²) in [4.78, 5) is 19.7. The number of hydrogen-bond donors (Lipinski definition) is 1. The van der Waals surface area contributed by atoms with Gasteiger partial charge in [0.1, 0.15) is 5.60 Å². The lowest BCUT2D eigenvalue weighted by Gasteiger charge is -2.42. The maximum atomic E-state index is 12.7. The van der Waals surface area contributed by atoms with E-state index in [9.17, 15) is 9.90 Å². The number of rotatable bonds is 1. The summed E-state index contributed by atoms with van der Waals surface area (Å²) in [6.07, 6.45) is 7.04. The summed E-state index contributed by atoms with van der Waals surface area (Å²) in [5.41, 5.74) is 6.49. The van der Waals surface area contributed by atoms with Gasteiger partial charge in [-0.15, -0.1) is 0 Å². The fourth-order valence-electron chi connectivity index (χ4n) is 6.95. The number of pyridine rings is 1. The van der Waals surface area contributed by atoms with Gasteiger partial charge in [0.15, 0.2) is 5.78 Å². The number of ketones is 1. The number of aromatic nitrogens is 1. The topological polar surface area (TPSA) is 53.4 Å². The van der Waals surface area contributed by atoms with Crippen LogP contribution >= 0.6 is 86.9 Å². The third-order valence-corrected chi connectivity index (χ3v) is 11.7. The number of halogens is 6. The average molecular weight is 901 g/mol. The van der Waals surface area contributed by atoms with Gasteiger partial charge in [0, 0.05) is 56.7 Å². The van der Waals surface area contributed by atoms with E-state index in [1.165, 1.54) is 0 Å². The Labute approximate surface area is 307 Å². The summed E-state index contributed by atoms with van der Waals surface area (Å²) in [5.74, 6) is 0.194. The maximum absolute atomic E-state index is 12.7. The molecule has 0 bridgehead atoms. The molecule has 1 saturated heterocycles. The van der Waals surface area contributed by atoms with E-state index >= 15 is 0 Å². The molecule has 10 heteroatoms. The van der Waals surface area contributed by atoms with Crippen molar-refractivity contribution in [2.75, 3.05) is 20.1 Å². The number of aryl methyl sites for hydroxylation is 4. The zero-order chi connectivity index (χ0) is 32.0. The van der Waals surface area contributed by atoms with Gasteiger partial charge in [-0.2, -0.15) is 0 Å². The SMILES string of the molecule is CN1CCC(C2(O)c3ncc(Br)cc3CCc3cc(Cl)cc(Br)c32)CC1.O=C1c2ccc(Br)cc2CCc2cc(Cl)cc(Br)c21. The quantitative estimate of drug-likeness (QED) is 0.207. The molecule has 0 amide bonds. The minimum Gasteiger partial charge on any atom is -0.378 e. The van der Waals surface area contributed by atoms with Crippen molar-refractivity contribution in [1.29, 1.82) is 0 Å². The molecule has 1 aliphatic heterocycles. The van der Waals surface area contributed by atoms with Gasteiger partial charge in [-0.3, -0.25) is 9.78 Å². The van der Waals surface area contributed by atoms with Crippen molar-refractivity contribution < 1.29 is 9.90 Å². The zero-order valence-electron chi connectivity index (χ0n) is 24.4. The number of hydrogen-bond acceptors (Lipinski definition) is 4. The molecule has 7 rings (SSSR count). The van der Waals surface area contributed by atoms with Crippen LogP contribution in [0.15, 0.2) is 72.6 Å². The van der Waals surface area contributed by atoms with Crippen molar-refractivity contribution in [3.05, 3.63) is 127 Å². The van der Waals surface area contributed by atoms with E-state index < -0.39 is 5.60 Å². The summed E-state index contributed by atoms with van der Waals surface area (Å²) in [5, 5.41) is 13.6. The lowest BCUT2D eigenvalue weighted by molar-refractivity contribution is -0.0153. The van der Waals surface area contributed by atoms with Crippen molar-refractivity contribution in [2.45, 2.75) is 44.1 Å². The van der Waals surface area contributed by atoms with Crippen LogP contribution in [0.2, 0.25) is 10.0 Å². The summed E-state index contributed by atoms with van der Waals surface area (Å²) in [7, 11) is 2.14. The lowest BCUT2D eigenvalue weighted by atomic mass is 9.72. The average Bonchev–Trinajstić information content (AvgIpc) is 3.19. The van der Waals surface area contributed by atoms with Gasteiger partial charge in [-0.05, 0) is 161 Å². The normalized spacial score (nSPS) is 19.7. The van der Waals surface area contributed by atoms with Crippen LogP contribution in [0.5, 0.6) is 0 Å². The van der Waals surface area contributed by atoms with Crippen LogP contribution in [-0.4, -0.2) is 40.9 Å². The maximum Gasteiger partial charge on any atom is 0.194 e. The van der Waals surface area contributed by atoms with Gasteiger partial charge in [0.2, 0.25) is 0 Å². The number of aliphatic hydroxyl groups is 1. The van der Waals surface area contributed by atoms with Crippen molar-refractivity contribution in [2.24, 2.45) is 5.92 Å². The van der Waals surface area contributed by atoms with Crippen molar-refractivity contribution >= 4 is 92.7 Å². The number of likely N-dealkylation sites (tertiary alicyclic amines) is 1.